The van der Waals surface area contributed by atoms with Gasteiger partial charge in [-0.1, -0.05) is 35.0 Å². The molecule has 7 heteroatoms. The molecule has 1 amide bonds. The Kier molecular flexibility index (Phi) is 3.74. The minimum atomic E-state index is -0.0821. The number of likely N-dealkylation sites (tertiary alicyclic amines) is 1. The lowest BCUT2D eigenvalue weighted by molar-refractivity contribution is 0.0569. The molecule has 1 saturated heterocycles. The van der Waals surface area contributed by atoms with E-state index in [1.54, 1.807) is 35.4 Å². The van der Waals surface area contributed by atoms with Gasteiger partial charge in [-0.25, -0.2) is 0 Å². The molecular weight excluding hydrogens is 328 g/mol. The number of benzene rings is 1. The summed E-state index contributed by atoms with van der Waals surface area (Å²) in [5.41, 5.74) is 1.17. The van der Waals surface area contributed by atoms with Crippen molar-refractivity contribution in [3.63, 3.8) is 0 Å². The van der Waals surface area contributed by atoms with Crippen molar-refractivity contribution in [3.05, 3.63) is 65.1 Å². The maximum atomic E-state index is 12.4. The zero-order valence-electron chi connectivity index (χ0n) is 12.6. The van der Waals surface area contributed by atoms with Crippen molar-refractivity contribution in [2.45, 2.75) is 5.92 Å². The van der Waals surface area contributed by atoms with E-state index in [1.165, 1.54) is 0 Å². The summed E-state index contributed by atoms with van der Waals surface area (Å²) >= 11 is 6.07. The van der Waals surface area contributed by atoms with Crippen LogP contribution in [0.3, 0.4) is 0 Å². The summed E-state index contributed by atoms with van der Waals surface area (Å²) in [6.07, 6.45) is 1.68. The molecule has 1 aromatic carbocycles. The van der Waals surface area contributed by atoms with Gasteiger partial charge in [-0.3, -0.25) is 9.78 Å². The van der Waals surface area contributed by atoms with Gasteiger partial charge in [0, 0.05) is 19.3 Å². The Morgan fingerprint density at radius 3 is 2.71 bits per heavy atom. The summed E-state index contributed by atoms with van der Waals surface area (Å²) in [5.74, 6) is 0.947. The van der Waals surface area contributed by atoms with Crippen molar-refractivity contribution >= 4 is 17.5 Å². The van der Waals surface area contributed by atoms with Gasteiger partial charge in [-0.05, 0) is 24.3 Å². The lowest BCUT2D eigenvalue weighted by Gasteiger charge is -2.37. The molecule has 2 aromatic heterocycles. The molecule has 0 radical (unpaired) electrons. The third-order valence-electron chi connectivity index (χ3n) is 3.96. The molecule has 1 aliphatic heterocycles. The largest absolute Gasteiger partial charge is 0.338 e. The highest BCUT2D eigenvalue weighted by Gasteiger charge is 2.36. The number of aromatic nitrogens is 3. The first kappa shape index (κ1) is 14.8. The quantitative estimate of drug-likeness (QED) is 0.732. The van der Waals surface area contributed by atoms with Gasteiger partial charge in [0.25, 0.3) is 5.91 Å². The van der Waals surface area contributed by atoms with Gasteiger partial charge in [-0.2, -0.15) is 4.98 Å². The van der Waals surface area contributed by atoms with Crippen LogP contribution in [-0.2, 0) is 0 Å². The van der Waals surface area contributed by atoms with Gasteiger partial charge in [0.05, 0.1) is 16.5 Å². The van der Waals surface area contributed by atoms with Crippen molar-refractivity contribution < 1.29 is 9.32 Å². The van der Waals surface area contributed by atoms with E-state index in [-0.39, 0.29) is 11.8 Å². The van der Waals surface area contributed by atoms with Crippen LogP contribution < -0.4 is 0 Å². The van der Waals surface area contributed by atoms with Crippen molar-refractivity contribution in [1.82, 2.24) is 20.0 Å². The summed E-state index contributed by atoms with van der Waals surface area (Å²) in [6.45, 7) is 1.07. The van der Waals surface area contributed by atoms with E-state index < -0.39 is 0 Å². The fourth-order valence-electron chi connectivity index (χ4n) is 2.61. The summed E-state index contributed by atoms with van der Waals surface area (Å²) in [5, 5.41) is 4.42. The molecule has 0 saturated carbocycles. The van der Waals surface area contributed by atoms with Gasteiger partial charge in [-0.15, -0.1) is 0 Å². The average Bonchev–Trinajstić information content (AvgIpc) is 3.04. The van der Waals surface area contributed by atoms with Crippen LogP contribution in [0.4, 0.5) is 0 Å². The molecule has 0 N–H and O–H groups in total. The van der Waals surface area contributed by atoms with Crippen LogP contribution >= 0.6 is 11.6 Å². The minimum Gasteiger partial charge on any atom is -0.338 e. The van der Waals surface area contributed by atoms with Crippen LogP contribution in [0.25, 0.3) is 11.5 Å². The van der Waals surface area contributed by atoms with Crippen LogP contribution in [0.5, 0.6) is 0 Å². The summed E-state index contributed by atoms with van der Waals surface area (Å²) in [4.78, 5) is 22.7. The fourth-order valence-corrected chi connectivity index (χ4v) is 2.82. The Labute approximate surface area is 143 Å². The van der Waals surface area contributed by atoms with E-state index in [9.17, 15) is 4.79 Å². The van der Waals surface area contributed by atoms with Crippen molar-refractivity contribution in [3.8, 4) is 11.5 Å². The van der Waals surface area contributed by atoms with Crippen LogP contribution in [0.15, 0.2) is 53.2 Å². The normalized spacial score (nSPS) is 14.5. The highest BCUT2D eigenvalue weighted by molar-refractivity contribution is 6.33. The number of hydrogen-bond acceptors (Lipinski definition) is 5. The summed E-state index contributed by atoms with van der Waals surface area (Å²) in [6, 6.07) is 12.6. The van der Waals surface area contributed by atoms with Gasteiger partial charge in [0.15, 0.2) is 0 Å². The molecule has 0 atom stereocenters. The number of carbonyl (C=O) groups is 1. The van der Waals surface area contributed by atoms with Crippen molar-refractivity contribution in [2.75, 3.05) is 13.1 Å². The number of amides is 1. The van der Waals surface area contributed by atoms with E-state index in [0.29, 0.717) is 41.1 Å². The molecule has 1 fully saturated rings. The van der Waals surface area contributed by atoms with Crippen LogP contribution in [0.1, 0.15) is 22.2 Å². The van der Waals surface area contributed by atoms with Crippen molar-refractivity contribution in [1.29, 1.82) is 0 Å². The molecule has 3 heterocycles. The fraction of sp³-hybridized carbons (Fsp3) is 0.176. The van der Waals surface area contributed by atoms with E-state index in [1.807, 2.05) is 18.2 Å². The number of nitrogens with zero attached hydrogens (tertiary/aromatic N) is 4. The Morgan fingerprint density at radius 1 is 1.17 bits per heavy atom. The van der Waals surface area contributed by atoms with Gasteiger partial charge >= 0.3 is 0 Å². The lowest BCUT2D eigenvalue weighted by atomic mass is 9.98. The Balaban J connectivity index is 1.44. The molecule has 3 aromatic rings. The maximum Gasteiger partial charge on any atom is 0.255 e. The maximum absolute atomic E-state index is 12.4. The smallest absolute Gasteiger partial charge is 0.255 e. The molecule has 120 valence electrons. The van der Waals surface area contributed by atoms with E-state index in [0.717, 1.165) is 0 Å². The van der Waals surface area contributed by atoms with Crippen LogP contribution in [0.2, 0.25) is 5.02 Å². The van der Waals surface area contributed by atoms with Gasteiger partial charge in [0.2, 0.25) is 11.7 Å². The zero-order valence-corrected chi connectivity index (χ0v) is 13.3. The average molecular weight is 341 g/mol. The first-order chi connectivity index (χ1) is 11.7. The molecule has 24 heavy (non-hydrogen) atoms. The topological polar surface area (TPSA) is 72.1 Å². The number of hydrogen-bond donors (Lipinski definition) is 0. The number of halogens is 1. The zero-order chi connectivity index (χ0) is 16.5. The van der Waals surface area contributed by atoms with E-state index in [4.69, 9.17) is 16.1 Å². The number of pyridine rings is 1. The first-order valence-corrected chi connectivity index (χ1v) is 7.89. The third kappa shape index (κ3) is 2.65. The van der Waals surface area contributed by atoms with Crippen LogP contribution in [-0.4, -0.2) is 39.0 Å². The predicted molar refractivity (Wildman–Crippen MR) is 87.6 cm³/mol. The molecular formula is C17H13ClN4O2. The SMILES string of the molecule is O=C(c1ccccc1Cl)N1CC(c2nc(-c3ccccn3)no2)C1. The second-order valence-electron chi connectivity index (χ2n) is 5.56. The third-order valence-corrected chi connectivity index (χ3v) is 4.29. The Morgan fingerprint density at radius 2 is 1.96 bits per heavy atom. The molecule has 0 bridgehead atoms. The molecule has 4 rings (SSSR count). The summed E-state index contributed by atoms with van der Waals surface area (Å²) < 4.78 is 5.32. The van der Waals surface area contributed by atoms with Crippen LogP contribution in [0, 0.1) is 0 Å². The molecule has 0 unspecified atom stereocenters. The highest BCUT2D eigenvalue weighted by Crippen LogP contribution is 2.29. The van der Waals surface area contributed by atoms with E-state index >= 15 is 0 Å². The van der Waals surface area contributed by atoms with Crippen molar-refractivity contribution in [2.24, 2.45) is 0 Å². The van der Waals surface area contributed by atoms with E-state index in [2.05, 4.69) is 15.1 Å². The molecule has 6 nitrogen and oxygen atoms in total. The van der Waals surface area contributed by atoms with Gasteiger partial charge < -0.3 is 9.42 Å². The first-order valence-electron chi connectivity index (χ1n) is 7.51. The standard InChI is InChI=1S/C17H13ClN4O2/c18-13-6-2-1-5-12(13)17(23)22-9-11(10-22)16-20-15(21-24-16)14-7-3-4-8-19-14/h1-8,11H,9-10H2. The minimum absolute atomic E-state index is 0.0430. The monoisotopic (exact) mass is 340 g/mol. The lowest BCUT2D eigenvalue weighted by Crippen LogP contribution is -2.48. The number of rotatable bonds is 3. The Hall–Kier alpha value is -2.73. The van der Waals surface area contributed by atoms with Gasteiger partial charge in [0.1, 0.15) is 5.69 Å². The highest BCUT2D eigenvalue weighted by atomic mass is 35.5. The Bertz CT molecular complexity index is 875. The predicted octanol–water partition coefficient (Wildman–Crippen LogP) is 3.02. The molecule has 0 spiro atoms. The summed E-state index contributed by atoms with van der Waals surface area (Å²) in [7, 11) is 0. The second-order valence-corrected chi connectivity index (χ2v) is 5.97. The molecule has 1 aliphatic rings. The molecule has 0 aliphatic carbocycles. The number of carbonyl (C=O) groups excluding carboxylic acids is 1. The second kappa shape index (κ2) is 6.05.